The van der Waals surface area contributed by atoms with Crippen LogP contribution >= 0.6 is 0 Å². The second-order valence-electron chi connectivity index (χ2n) is 10.9. The summed E-state index contributed by atoms with van der Waals surface area (Å²) in [4.78, 5) is 25.8. The van der Waals surface area contributed by atoms with E-state index < -0.39 is 0 Å². The van der Waals surface area contributed by atoms with Crippen LogP contribution < -0.4 is 0 Å². The van der Waals surface area contributed by atoms with Crippen LogP contribution in [-0.4, -0.2) is 18.9 Å². The number of ether oxygens (including phenoxy) is 1. The summed E-state index contributed by atoms with van der Waals surface area (Å²) in [6, 6.07) is 0. The Morgan fingerprint density at radius 3 is 2.56 bits per heavy atom. The van der Waals surface area contributed by atoms with Gasteiger partial charge in [-0.2, -0.15) is 0 Å². The van der Waals surface area contributed by atoms with E-state index in [9.17, 15) is 9.59 Å². The Balaban J connectivity index is 1.63. The molecule has 9 atom stereocenters. The molecule has 0 N–H and O–H groups in total. The first-order chi connectivity index (χ1) is 12.7. The van der Waals surface area contributed by atoms with Crippen LogP contribution in [0.2, 0.25) is 0 Å². The number of esters is 1. The van der Waals surface area contributed by atoms with Gasteiger partial charge in [0.05, 0.1) is 13.0 Å². The number of methoxy groups -OCH3 is 1. The molecule has 4 rings (SSSR count). The molecular weight excluding hydrogens is 336 g/mol. The van der Waals surface area contributed by atoms with E-state index in [2.05, 4.69) is 20.8 Å². The fourth-order valence-electron chi connectivity index (χ4n) is 8.37. The lowest BCUT2D eigenvalue weighted by atomic mass is 9.43. The Morgan fingerprint density at radius 1 is 1.11 bits per heavy atom. The minimum absolute atomic E-state index is 0.145. The zero-order valence-corrected chi connectivity index (χ0v) is 17.9. The van der Waals surface area contributed by atoms with Crippen LogP contribution in [0.5, 0.6) is 0 Å². The second-order valence-corrected chi connectivity index (χ2v) is 10.9. The van der Waals surface area contributed by atoms with Crippen molar-refractivity contribution in [1.82, 2.24) is 0 Å². The Morgan fingerprint density at radius 2 is 1.85 bits per heavy atom. The van der Waals surface area contributed by atoms with Crippen molar-refractivity contribution in [2.24, 2.45) is 52.3 Å². The molecule has 3 unspecified atom stereocenters. The maximum absolute atomic E-state index is 13.6. The summed E-state index contributed by atoms with van der Waals surface area (Å²) in [5.41, 5.74) is 0.0401. The van der Waals surface area contributed by atoms with Gasteiger partial charge in [0.15, 0.2) is 0 Å². The maximum atomic E-state index is 13.6. The summed E-state index contributed by atoms with van der Waals surface area (Å²) < 4.78 is 5.04. The van der Waals surface area contributed by atoms with Crippen molar-refractivity contribution in [1.29, 1.82) is 0 Å². The van der Waals surface area contributed by atoms with Gasteiger partial charge in [0.2, 0.25) is 0 Å². The predicted octanol–water partition coefficient (Wildman–Crippen LogP) is 5.27. The highest BCUT2D eigenvalue weighted by Crippen LogP contribution is 2.67. The largest absolute Gasteiger partial charge is 0.469 e. The van der Waals surface area contributed by atoms with Crippen molar-refractivity contribution >= 4 is 11.8 Å². The number of Topliss-reactive ketones (excluding diaryl/α,β-unsaturated/α-hetero) is 1. The summed E-state index contributed by atoms with van der Waals surface area (Å²) in [5, 5.41) is 0. The van der Waals surface area contributed by atoms with Crippen LogP contribution in [0.3, 0.4) is 0 Å². The van der Waals surface area contributed by atoms with Gasteiger partial charge >= 0.3 is 5.97 Å². The van der Waals surface area contributed by atoms with Crippen molar-refractivity contribution in [2.45, 2.75) is 79.1 Å². The Hall–Kier alpha value is -0.860. The molecule has 0 spiro atoms. The van der Waals surface area contributed by atoms with Gasteiger partial charge in [-0.25, -0.2) is 0 Å². The molecule has 152 valence electrons. The lowest BCUT2D eigenvalue weighted by Gasteiger charge is -2.60. The number of hydrogen-bond donors (Lipinski definition) is 0. The van der Waals surface area contributed by atoms with E-state index >= 15 is 0 Å². The third-order valence-electron chi connectivity index (χ3n) is 10.0. The van der Waals surface area contributed by atoms with E-state index in [1.165, 1.54) is 39.2 Å². The van der Waals surface area contributed by atoms with E-state index in [1.54, 1.807) is 0 Å². The smallest absolute Gasteiger partial charge is 0.308 e. The predicted molar refractivity (Wildman–Crippen MR) is 106 cm³/mol. The molecule has 0 aromatic rings. The lowest BCUT2D eigenvalue weighted by Crippen LogP contribution is -2.57. The number of hydrogen-bond acceptors (Lipinski definition) is 3. The first-order valence-corrected chi connectivity index (χ1v) is 11.3. The molecule has 3 nitrogen and oxygen atoms in total. The summed E-state index contributed by atoms with van der Waals surface area (Å²) in [6.45, 7) is 9.10. The standard InChI is InChI=1S/C24H38O3/c1-14-10-11-23(3)16(12-14)6-7-17-19-9-8-18(15(2)22(26)27-5)24(19,4)21(25)13-20(17)23/h14-20H,6-13H2,1-5H3/t14-,15+,16-,17?,18-,19?,20?,23+,24-/m1/s1. The molecule has 4 aliphatic carbocycles. The summed E-state index contributed by atoms with van der Waals surface area (Å²) in [5.74, 6) is 3.66. The minimum Gasteiger partial charge on any atom is -0.469 e. The molecule has 3 heteroatoms. The normalized spacial score (nSPS) is 50.3. The molecule has 4 fully saturated rings. The highest BCUT2D eigenvalue weighted by atomic mass is 16.5. The van der Waals surface area contributed by atoms with Gasteiger partial charge in [-0.3, -0.25) is 9.59 Å². The van der Waals surface area contributed by atoms with Crippen molar-refractivity contribution in [2.75, 3.05) is 7.11 Å². The van der Waals surface area contributed by atoms with Crippen LogP contribution in [0.1, 0.15) is 79.1 Å². The van der Waals surface area contributed by atoms with E-state index in [4.69, 9.17) is 4.74 Å². The Kier molecular flexibility index (Phi) is 4.75. The molecule has 0 aliphatic heterocycles. The van der Waals surface area contributed by atoms with E-state index in [-0.39, 0.29) is 23.2 Å². The van der Waals surface area contributed by atoms with Crippen molar-refractivity contribution in [3.8, 4) is 0 Å². The molecule has 0 aromatic heterocycles. The quantitative estimate of drug-likeness (QED) is 0.618. The molecule has 27 heavy (non-hydrogen) atoms. The van der Waals surface area contributed by atoms with Crippen LogP contribution in [0.15, 0.2) is 0 Å². The average molecular weight is 375 g/mol. The molecule has 0 saturated heterocycles. The van der Waals surface area contributed by atoms with Gasteiger partial charge in [-0.1, -0.05) is 34.1 Å². The highest BCUT2D eigenvalue weighted by molar-refractivity contribution is 5.88. The summed E-state index contributed by atoms with van der Waals surface area (Å²) >= 11 is 0. The molecule has 0 amide bonds. The Bertz CT molecular complexity index is 627. The van der Waals surface area contributed by atoms with Crippen LogP contribution in [0, 0.1) is 52.3 Å². The fourth-order valence-corrected chi connectivity index (χ4v) is 8.37. The van der Waals surface area contributed by atoms with Gasteiger partial charge < -0.3 is 4.74 Å². The van der Waals surface area contributed by atoms with Gasteiger partial charge in [0.1, 0.15) is 5.78 Å². The van der Waals surface area contributed by atoms with Gasteiger partial charge in [0, 0.05) is 11.8 Å². The molecule has 0 aromatic carbocycles. The number of carbonyl (C=O) groups is 2. The molecule has 0 radical (unpaired) electrons. The number of ketones is 1. The van der Waals surface area contributed by atoms with Crippen LogP contribution in [0.4, 0.5) is 0 Å². The molecule has 0 heterocycles. The van der Waals surface area contributed by atoms with Crippen LogP contribution in [-0.2, 0) is 14.3 Å². The molecule has 4 saturated carbocycles. The molecular formula is C24H38O3. The summed E-state index contributed by atoms with van der Waals surface area (Å²) in [7, 11) is 1.47. The second kappa shape index (κ2) is 6.59. The monoisotopic (exact) mass is 374 g/mol. The van der Waals surface area contributed by atoms with Crippen molar-refractivity contribution in [3.05, 3.63) is 0 Å². The van der Waals surface area contributed by atoms with E-state index in [0.717, 1.165) is 31.1 Å². The third-order valence-corrected chi connectivity index (χ3v) is 10.0. The molecule has 4 aliphatic rings. The summed E-state index contributed by atoms with van der Waals surface area (Å²) in [6.07, 6.45) is 9.51. The zero-order chi connectivity index (χ0) is 19.6. The van der Waals surface area contributed by atoms with E-state index in [1.807, 2.05) is 6.92 Å². The van der Waals surface area contributed by atoms with Crippen molar-refractivity contribution < 1.29 is 14.3 Å². The van der Waals surface area contributed by atoms with Gasteiger partial charge in [-0.05, 0) is 79.4 Å². The fraction of sp³-hybridized carbons (Fsp3) is 0.917. The lowest BCUT2D eigenvalue weighted by molar-refractivity contribution is -0.162. The average Bonchev–Trinajstić information content (AvgIpc) is 3.01. The van der Waals surface area contributed by atoms with Gasteiger partial charge in [0.25, 0.3) is 0 Å². The Labute approximate surface area is 165 Å². The van der Waals surface area contributed by atoms with Crippen LogP contribution in [0.25, 0.3) is 0 Å². The number of fused-ring (bicyclic) bond motifs is 5. The van der Waals surface area contributed by atoms with E-state index in [0.29, 0.717) is 29.0 Å². The first kappa shape index (κ1) is 19.5. The number of rotatable bonds is 2. The number of carbonyl (C=O) groups excluding carboxylic acids is 2. The molecule has 0 bridgehead atoms. The van der Waals surface area contributed by atoms with Crippen molar-refractivity contribution in [3.63, 3.8) is 0 Å². The first-order valence-electron chi connectivity index (χ1n) is 11.3. The topological polar surface area (TPSA) is 43.4 Å². The van der Waals surface area contributed by atoms with Gasteiger partial charge in [-0.15, -0.1) is 0 Å². The zero-order valence-electron chi connectivity index (χ0n) is 17.9. The minimum atomic E-state index is -0.320. The SMILES string of the molecule is COC(=O)[C@@H](C)[C@H]1CCC2C3CC[C@@H]4C[C@H](C)CC[C@]4(C)C3CC(=O)[C@@]21C. The highest BCUT2D eigenvalue weighted by Gasteiger charge is 2.64. The maximum Gasteiger partial charge on any atom is 0.308 e. The third kappa shape index (κ3) is 2.66.